The molecule has 2 rings (SSSR count). The number of fused-ring (bicyclic) bond motifs is 1. The predicted octanol–water partition coefficient (Wildman–Crippen LogP) is 1.19. The Kier molecular flexibility index (Phi) is 2.30. The number of aromatic nitrogens is 4. The Morgan fingerprint density at radius 1 is 1.33 bits per heavy atom. The van der Waals surface area contributed by atoms with Gasteiger partial charge in [-0.15, -0.1) is 0 Å². The van der Waals surface area contributed by atoms with Gasteiger partial charge >= 0.3 is 0 Å². The third-order valence-corrected chi connectivity index (χ3v) is 2.45. The minimum absolute atomic E-state index is 0.0197. The smallest absolute Gasteiger partial charge is 0.279 e. The second-order valence-corrected chi connectivity index (χ2v) is 3.75. The van der Waals surface area contributed by atoms with Gasteiger partial charge in [0.05, 0.1) is 6.33 Å². The summed E-state index contributed by atoms with van der Waals surface area (Å²) in [5.74, 6) is 0. The van der Waals surface area contributed by atoms with Crippen molar-refractivity contribution >= 4 is 11.2 Å². The molecule has 0 amide bonds. The van der Waals surface area contributed by atoms with Gasteiger partial charge in [-0.1, -0.05) is 0 Å². The highest BCUT2D eigenvalue weighted by Crippen LogP contribution is 2.11. The van der Waals surface area contributed by atoms with Crippen LogP contribution in [0.2, 0.25) is 0 Å². The standard InChI is InChI=1S/C10H14N4O/c1-4-13-5-11-9-8(10(13)15)14(6-12-9)7(2)3/h5-7H,4H2,1-3H3. The lowest BCUT2D eigenvalue weighted by molar-refractivity contribution is 0.610. The Labute approximate surface area is 87.4 Å². The number of rotatable bonds is 2. The topological polar surface area (TPSA) is 52.7 Å². The molecule has 5 nitrogen and oxygen atoms in total. The monoisotopic (exact) mass is 206 g/mol. The second kappa shape index (κ2) is 3.49. The third-order valence-electron chi connectivity index (χ3n) is 2.45. The molecule has 0 unspecified atom stereocenters. The maximum absolute atomic E-state index is 12.0. The predicted molar refractivity (Wildman–Crippen MR) is 57.8 cm³/mol. The molecule has 0 saturated heterocycles. The van der Waals surface area contributed by atoms with Gasteiger partial charge in [0.2, 0.25) is 0 Å². The number of aryl methyl sites for hydroxylation is 1. The molecule has 2 heterocycles. The van der Waals surface area contributed by atoms with Gasteiger partial charge in [0, 0.05) is 12.6 Å². The summed E-state index contributed by atoms with van der Waals surface area (Å²) in [4.78, 5) is 20.3. The largest absolute Gasteiger partial charge is 0.322 e. The zero-order chi connectivity index (χ0) is 11.0. The summed E-state index contributed by atoms with van der Waals surface area (Å²) in [7, 11) is 0. The van der Waals surface area contributed by atoms with Crippen LogP contribution in [0.3, 0.4) is 0 Å². The van der Waals surface area contributed by atoms with Crippen LogP contribution >= 0.6 is 0 Å². The van der Waals surface area contributed by atoms with Crippen molar-refractivity contribution in [2.75, 3.05) is 0 Å². The molecule has 0 aliphatic rings. The van der Waals surface area contributed by atoms with Crippen molar-refractivity contribution in [1.82, 2.24) is 19.1 Å². The van der Waals surface area contributed by atoms with E-state index in [-0.39, 0.29) is 11.6 Å². The summed E-state index contributed by atoms with van der Waals surface area (Å²) in [6, 6.07) is 0.220. The van der Waals surface area contributed by atoms with Crippen LogP contribution in [0.5, 0.6) is 0 Å². The molecule has 0 saturated carbocycles. The first kappa shape index (κ1) is 9.89. The number of hydrogen-bond donors (Lipinski definition) is 0. The van der Waals surface area contributed by atoms with E-state index in [1.165, 1.54) is 0 Å². The van der Waals surface area contributed by atoms with Crippen molar-refractivity contribution in [2.24, 2.45) is 0 Å². The quantitative estimate of drug-likeness (QED) is 0.741. The molecule has 0 atom stereocenters. The number of nitrogens with zero attached hydrogens (tertiary/aromatic N) is 4. The summed E-state index contributed by atoms with van der Waals surface area (Å²) in [6.07, 6.45) is 3.21. The minimum atomic E-state index is -0.0197. The maximum atomic E-state index is 12.0. The fraction of sp³-hybridized carbons (Fsp3) is 0.500. The third kappa shape index (κ3) is 1.44. The molecule has 15 heavy (non-hydrogen) atoms. The van der Waals surface area contributed by atoms with E-state index in [1.54, 1.807) is 17.2 Å². The maximum Gasteiger partial charge on any atom is 0.279 e. The molecule has 0 aromatic carbocycles. The van der Waals surface area contributed by atoms with E-state index in [0.29, 0.717) is 17.7 Å². The zero-order valence-corrected chi connectivity index (χ0v) is 9.14. The molecule has 2 aromatic heterocycles. The lowest BCUT2D eigenvalue weighted by atomic mass is 10.4. The van der Waals surface area contributed by atoms with Gasteiger partial charge < -0.3 is 4.57 Å². The molecular formula is C10H14N4O. The summed E-state index contributed by atoms with van der Waals surface area (Å²) in [5, 5.41) is 0. The van der Waals surface area contributed by atoms with Crippen LogP contribution < -0.4 is 5.56 Å². The number of imidazole rings is 1. The van der Waals surface area contributed by atoms with Gasteiger partial charge in [-0.25, -0.2) is 9.97 Å². The van der Waals surface area contributed by atoms with E-state index in [4.69, 9.17) is 0 Å². The molecule has 0 aliphatic carbocycles. The first-order valence-corrected chi connectivity index (χ1v) is 5.07. The van der Waals surface area contributed by atoms with E-state index >= 15 is 0 Å². The summed E-state index contributed by atoms with van der Waals surface area (Å²) in [5.41, 5.74) is 1.10. The Balaban J connectivity index is 2.82. The normalized spacial score (nSPS) is 11.5. The lowest BCUT2D eigenvalue weighted by Gasteiger charge is -2.07. The van der Waals surface area contributed by atoms with E-state index in [9.17, 15) is 4.79 Å². The fourth-order valence-corrected chi connectivity index (χ4v) is 1.58. The second-order valence-electron chi connectivity index (χ2n) is 3.75. The van der Waals surface area contributed by atoms with Gasteiger partial charge in [-0.3, -0.25) is 9.36 Å². The highest BCUT2D eigenvalue weighted by molar-refractivity contribution is 5.69. The van der Waals surface area contributed by atoms with Gasteiger partial charge in [0.15, 0.2) is 11.2 Å². The van der Waals surface area contributed by atoms with E-state index in [1.807, 2.05) is 25.3 Å². The van der Waals surface area contributed by atoms with E-state index < -0.39 is 0 Å². The molecule has 0 radical (unpaired) electrons. The Morgan fingerprint density at radius 2 is 2.00 bits per heavy atom. The molecule has 80 valence electrons. The summed E-state index contributed by atoms with van der Waals surface area (Å²) < 4.78 is 3.44. The van der Waals surface area contributed by atoms with Gasteiger partial charge in [-0.05, 0) is 20.8 Å². The lowest BCUT2D eigenvalue weighted by Crippen LogP contribution is -2.22. The molecule has 0 bridgehead atoms. The highest BCUT2D eigenvalue weighted by Gasteiger charge is 2.11. The molecule has 5 heteroatoms. The molecule has 0 aliphatic heterocycles. The van der Waals surface area contributed by atoms with Crippen LogP contribution in [0.4, 0.5) is 0 Å². The van der Waals surface area contributed by atoms with Crippen molar-refractivity contribution in [1.29, 1.82) is 0 Å². The minimum Gasteiger partial charge on any atom is -0.322 e. The Hall–Kier alpha value is -1.65. The van der Waals surface area contributed by atoms with Crippen LogP contribution in [-0.2, 0) is 6.54 Å². The summed E-state index contributed by atoms with van der Waals surface area (Å²) >= 11 is 0. The Morgan fingerprint density at radius 3 is 2.60 bits per heavy atom. The van der Waals surface area contributed by atoms with E-state index in [0.717, 1.165) is 0 Å². The highest BCUT2D eigenvalue weighted by atomic mass is 16.1. The van der Waals surface area contributed by atoms with Crippen LogP contribution in [0.15, 0.2) is 17.4 Å². The molecule has 2 aromatic rings. The average molecular weight is 206 g/mol. The van der Waals surface area contributed by atoms with Crippen molar-refractivity contribution in [3.63, 3.8) is 0 Å². The van der Waals surface area contributed by atoms with Gasteiger partial charge in [0.1, 0.15) is 6.33 Å². The van der Waals surface area contributed by atoms with Crippen LogP contribution in [0.1, 0.15) is 26.8 Å². The molecule has 0 fully saturated rings. The first-order valence-electron chi connectivity index (χ1n) is 5.07. The average Bonchev–Trinajstić information content (AvgIpc) is 2.63. The summed E-state index contributed by atoms with van der Waals surface area (Å²) in [6.45, 7) is 6.59. The van der Waals surface area contributed by atoms with Gasteiger partial charge in [-0.2, -0.15) is 0 Å². The van der Waals surface area contributed by atoms with Crippen LogP contribution in [0, 0.1) is 0 Å². The molecule has 0 N–H and O–H groups in total. The van der Waals surface area contributed by atoms with Crippen molar-refractivity contribution in [3.8, 4) is 0 Å². The molecule has 0 spiro atoms. The molecular weight excluding hydrogens is 192 g/mol. The zero-order valence-electron chi connectivity index (χ0n) is 9.14. The fourth-order valence-electron chi connectivity index (χ4n) is 1.58. The van der Waals surface area contributed by atoms with Gasteiger partial charge in [0.25, 0.3) is 5.56 Å². The number of hydrogen-bond acceptors (Lipinski definition) is 3. The van der Waals surface area contributed by atoms with Crippen LogP contribution in [-0.4, -0.2) is 19.1 Å². The van der Waals surface area contributed by atoms with Crippen molar-refractivity contribution in [2.45, 2.75) is 33.4 Å². The van der Waals surface area contributed by atoms with E-state index in [2.05, 4.69) is 9.97 Å². The SMILES string of the molecule is CCn1cnc2ncn(C(C)C)c2c1=O. The van der Waals surface area contributed by atoms with Crippen LogP contribution in [0.25, 0.3) is 11.2 Å². The Bertz CT molecular complexity index is 538. The van der Waals surface area contributed by atoms with Crippen molar-refractivity contribution in [3.05, 3.63) is 23.0 Å². The first-order chi connectivity index (χ1) is 7.15. The van der Waals surface area contributed by atoms with Crippen molar-refractivity contribution < 1.29 is 0 Å².